The van der Waals surface area contributed by atoms with Crippen LogP contribution in [0.4, 0.5) is 11.4 Å². The molecule has 0 fully saturated rings. The number of benzene rings is 3. The number of hydrogen-bond donors (Lipinski definition) is 0. The Kier molecular flexibility index (Phi) is 4.32. The lowest BCUT2D eigenvalue weighted by molar-refractivity contribution is -0.547. The number of nitrogens with zero attached hydrogens (tertiary/aromatic N) is 3. The van der Waals surface area contributed by atoms with Crippen molar-refractivity contribution in [3.8, 4) is 0 Å². The fraction of sp³-hybridized carbons (Fsp3) is 0.148. The molecule has 148 valence electrons. The summed E-state index contributed by atoms with van der Waals surface area (Å²) in [4.78, 5) is 4.27. The summed E-state index contributed by atoms with van der Waals surface area (Å²) in [5.41, 5.74) is 9.97. The fourth-order valence-corrected chi connectivity index (χ4v) is 4.33. The van der Waals surface area contributed by atoms with Gasteiger partial charge in [0.05, 0.1) is 11.1 Å². The Morgan fingerprint density at radius 2 is 1.17 bits per heavy atom. The number of hydrogen-bond acceptors (Lipinski definition) is 2. The van der Waals surface area contributed by atoms with E-state index in [0.717, 1.165) is 0 Å². The van der Waals surface area contributed by atoms with Gasteiger partial charge in [0.1, 0.15) is 0 Å². The van der Waals surface area contributed by atoms with Crippen LogP contribution in [0.15, 0.2) is 85.1 Å². The molecule has 0 saturated carbocycles. The molecule has 0 unspecified atom stereocenters. The second-order valence-corrected chi connectivity index (χ2v) is 8.23. The Labute approximate surface area is 178 Å². The normalized spacial score (nSPS) is 12.5. The van der Waals surface area contributed by atoms with Crippen molar-refractivity contribution in [2.75, 3.05) is 38.0 Å². The van der Waals surface area contributed by atoms with Gasteiger partial charge in [0.2, 0.25) is 11.2 Å². The van der Waals surface area contributed by atoms with Gasteiger partial charge in [-0.05, 0) is 60.2 Å². The standard InChI is InChI=1S/C27H26N3/c1-28(2)22-14-10-19(11-15-22)25-24-9-5-7-20-8-6-18-30(26(20)24)27(25)21-12-16-23(17-13-21)29(3)4/h5-18H,1-4H3/q+1. The van der Waals surface area contributed by atoms with Crippen LogP contribution in [0.3, 0.4) is 0 Å². The molecule has 1 aliphatic rings. The maximum atomic E-state index is 2.35. The number of anilines is 2. The van der Waals surface area contributed by atoms with Crippen molar-refractivity contribution in [1.82, 2.24) is 0 Å². The summed E-state index contributed by atoms with van der Waals surface area (Å²) in [6.07, 6.45) is 2.18. The largest absolute Gasteiger partial charge is 0.378 e. The summed E-state index contributed by atoms with van der Waals surface area (Å²) in [6, 6.07) is 28.7. The molecule has 0 amide bonds. The Balaban J connectivity index is 1.77. The summed E-state index contributed by atoms with van der Waals surface area (Å²) in [5.74, 6) is 0. The van der Waals surface area contributed by atoms with E-state index in [2.05, 4.69) is 128 Å². The van der Waals surface area contributed by atoms with Crippen LogP contribution in [-0.4, -0.2) is 28.2 Å². The highest BCUT2D eigenvalue weighted by Gasteiger charge is 2.33. The highest BCUT2D eigenvalue weighted by molar-refractivity contribution is 6.06. The Morgan fingerprint density at radius 1 is 0.600 bits per heavy atom. The quantitative estimate of drug-likeness (QED) is 0.397. The van der Waals surface area contributed by atoms with Gasteiger partial charge in [-0.2, -0.15) is 4.57 Å². The molecule has 3 heteroatoms. The van der Waals surface area contributed by atoms with E-state index >= 15 is 0 Å². The Bertz CT molecular complexity index is 1170. The van der Waals surface area contributed by atoms with Crippen LogP contribution in [0.25, 0.3) is 22.2 Å². The minimum Gasteiger partial charge on any atom is -0.378 e. The van der Waals surface area contributed by atoms with Crippen LogP contribution >= 0.6 is 0 Å². The minimum absolute atomic E-state index is 1.20. The SMILES string of the molecule is CN(C)c1ccc(C2=C(c3ccc(N(C)C)cc3)[n+]3cccc4cccc2c43)cc1. The molecular weight excluding hydrogens is 366 g/mol. The molecule has 0 aliphatic carbocycles. The number of rotatable bonds is 4. The van der Waals surface area contributed by atoms with Gasteiger partial charge in [-0.3, -0.25) is 0 Å². The van der Waals surface area contributed by atoms with Gasteiger partial charge in [-0.15, -0.1) is 0 Å². The molecule has 1 aliphatic heterocycles. The van der Waals surface area contributed by atoms with E-state index in [4.69, 9.17) is 0 Å². The van der Waals surface area contributed by atoms with Crippen molar-refractivity contribution >= 4 is 33.5 Å². The zero-order chi connectivity index (χ0) is 20.8. The summed E-state index contributed by atoms with van der Waals surface area (Å²) in [5, 5.41) is 1.26. The molecule has 3 aromatic carbocycles. The molecule has 30 heavy (non-hydrogen) atoms. The van der Waals surface area contributed by atoms with E-state index in [0.29, 0.717) is 0 Å². The lowest BCUT2D eigenvalue weighted by atomic mass is 9.94. The molecule has 2 heterocycles. The smallest absolute Gasteiger partial charge is 0.227 e. The maximum absolute atomic E-state index is 2.35. The first-order chi connectivity index (χ1) is 14.5. The topological polar surface area (TPSA) is 10.4 Å². The molecule has 1 aromatic heterocycles. The van der Waals surface area contributed by atoms with Crippen molar-refractivity contribution in [3.63, 3.8) is 0 Å². The highest BCUT2D eigenvalue weighted by atomic mass is 15.1. The molecule has 0 bridgehead atoms. The average Bonchev–Trinajstić information content (AvgIpc) is 3.10. The van der Waals surface area contributed by atoms with E-state index in [1.807, 2.05) is 0 Å². The number of aromatic nitrogens is 1. The fourth-order valence-electron chi connectivity index (χ4n) is 4.33. The zero-order valence-electron chi connectivity index (χ0n) is 17.9. The third kappa shape index (κ3) is 2.86. The third-order valence-electron chi connectivity index (χ3n) is 5.90. The molecule has 0 saturated heterocycles. The van der Waals surface area contributed by atoms with E-state index < -0.39 is 0 Å². The second-order valence-electron chi connectivity index (χ2n) is 8.23. The lowest BCUT2D eigenvalue weighted by Gasteiger charge is -2.14. The molecular formula is C27H26N3+. The van der Waals surface area contributed by atoms with Crippen molar-refractivity contribution in [1.29, 1.82) is 0 Å². The lowest BCUT2D eigenvalue weighted by Crippen LogP contribution is -2.31. The van der Waals surface area contributed by atoms with Crippen LogP contribution in [0.1, 0.15) is 16.7 Å². The molecule has 0 spiro atoms. The van der Waals surface area contributed by atoms with E-state index in [9.17, 15) is 0 Å². The molecule has 5 rings (SSSR count). The van der Waals surface area contributed by atoms with E-state index in [1.165, 1.54) is 50.2 Å². The maximum Gasteiger partial charge on any atom is 0.227 e. The van der Waals surface area contributed by atoms with Crippen LogP contribution in [0, 0.1) is 0 Å². The minimum atomic E-state index is 1.20. The summed E-state index contributed by atoms with van der Waals surface area (Å²) in [7, 11) is 8.31. The van der Waals surface area contributed by atoms with Crippen molar-refractivity contribution in [3.05, 3.63) is 102 Å². The van der Waals surface area contributed by atoms with E-state index in [-0.39, 0.29) is 0 Å². The monoisotopic (exact) mass is 392 g/mol. The predicted octanol–water partition coefficient (Wildman–Crippen LogP) is 5.04. The summed E-state index contributed by atoms with van der Waals surface area (Å²) >= 11 is 0. The molecule has 3 nitrogen and oxygen atoms in total. The van der Waals surface area contributed by atoms with Crippen LogP contribution < -0.4 is 14.4 Å². The zero-order valence-corrected chi connectivity index (χ0v) is 17.9. The highest BCUT2D eigenvalue weighted by Crippen LogP contribution is 2.39. The second kappa shape index (κ2) is 7.03. The summed E-state index contributed by atoms with van der Waals surface area (Å²) in [6.45, 7) is 0. The predicted molar refractivity (Wildman–Crippen MR) is 127 cm³/mol. The van der Waals surface area contributed by atoms with Gasteiger partial charge < -0.3 is 9.80 Å². The van der Waals surface area contributed by atoms with Gasteiger partial charge in [-0.25, -0.2) is 0 Å². The Hall–Kier alpha value is -3.59. The number of pyridine rings is 1. The average molecular weight is 393 g/mol. The first-order valence-corrected chi connectivity index (χ1v) is 10.3. The molecule has 0 atom stereocenters. The van der Waals surface area contributed by atoms with Crippen molar-refractivity contribution in [2.24, 2.45) is 0 Å². The van der Waals surface area contributed by atoms with Crippen LogP contribution in [0.5, 0.6) is 0 Å². The van der Waals surface area contributed by atoms with Gasteiger partial charge in [0.25, 0.3) is 0 Å². The van der Waals surface area contributed by atoms with Gasteiger partial charge in [-0.1, -0.05) is 18.2 Å². The first-order valence-electron chi connectivity index (χ1n) is 10.3. The summed E-state index contributed by atoms with van der Waals surface area (Å²) < 4.78 is 2.35. The third-order valence-corrected chi connectivity index (χ3v) is 5.90. The Morgan fingerprint density at radius 3 is 1.77 bits per heavy atom. The number of para-hydroxylation sites is 1. The van der Waals surface area contributed by atoms with Crippen LogP contribution in [0.2, 0.25) is 0 Å². The van der Waals surface area contributed by atoms with Crippen LogP contribution in [-0.2, 0) is 0 Å². The van der Waals surface area contributed by atoms with Gasteiger partial charge in [0.15, 0.2) is 6.20 Å². The van der Waals surface area contributed by atoms with Crippen molar-refractivity contribution in [2.45, 2.75) is 0 Å². The molecule has 0 radical (unpaired) electrons. The molecule has 0 N–H and O–H groups in total. The first kappa shape index (κ1) is 18.4. The molecule has 4 aromatic rings. The van der Waals surface area contributed by atoms with Gasteiger partial charge >= 0.3 is 0 Å². The van der Waals surface area contributed by atoms with Crippen molar-refractivity contribution < 1.29 is 4.57 Å². The van der Waals surface area contributed by atoms with Gasteiger partial charge in [0, 0.05) is 56.6 Å². The van der Waals surface area contributed by atoms with E-state index in [1.54, 1.807) is 0 Å².